The van der Waals surface area contributed by atoms with Gasteiger partial charge in [-0.3, -0.25) is 4.90 Å². The third-order valence-corrected chi connectivity index (χ3v) is 9.27. The molecule has 2 heterocycles. The minimum atomic E-state index is -4.03. The second-order valence-corrected chi connectivity index (χ2v) is 12.2. The summed E-state index contributed by atoms with van der Waals surface area (Å²) in [7, 11) is -0.860. The lowest BCUT2D eigenvalue weighted by atomic mass is 9.83. The molecule has 0 saturated carbocycles. The SMILES string of the molecule is COc1cc2c(cc1OCCOCc1ccccc1)CCN1Cc3c(ccc(OC)c3OS(=O)(=O)c3ccccc3)CC21. The minimum absolute atomic E-state index is 0.100. The summed E-state index contributed by atoms with van der Waals surface area (Å²) in [6.45, 7) is 2.78. The van der Waals surface area contributed by atoms with Gasteiger partial charge >= 0.3 is 10.1 Å². The first-order valence-electron chi connectivity index (χ1n) is 14.3. The molecule has 1 atom stereocenters. The molecule has 0 bridgehead atoms. The molecular formula is C34H35NO7S. The van der Waals surface area contributed by atoms with E-state index >= 15 is 0 Å². The lowest BCUT2D eigenvalue weighted by Crippen LogP contribution is -2.39. The number of methoxy groups -OCH3 is 2. The van der Waals surface area contributed by atoms with Crippen molar-refractivity contribution in [1.29, 1.82) is 0 Å². The van der Waals surface area contributed by atoms with Gasteiger partial charge in [0.25, 0.3) is 0 Å². The highest BCUT2D eigenvalue weighted by atomic mass is 32.2. The van der Waals surface area contributed by atoms with Gasteiger partial charge in [0.15, 0.2) is 23.0 Å². The molecular weight excluding hydrogens is 566 g/mol. The number of ether oxygens (including phenoxy) is 4. The molecule has 0 radical (unpaired) electrons. The van der Waals surface area contributed by atoms with Gasteiger partial charge in [-0.15, -0.1) is 0 Å². The lowest BCUT2D eigenvalue weighted by Gasteiger charge is -2.42. The first kappa shape index (κ1) is 29.0. The van der Waals surface area contributed by atoms with E-state index in [4.69, 9.17) is 23.1 Å². The third-order valence-electron chi connectivity index (χ3n) is 8.03. The zero-order chi connectivity index (χ0) is 29.8. The van der Waals surface area contributed by atoms with E-state index in [0.717, 1.165) is 29.7 Å². The van der Waals surface area contributed by atoms with Gasteiger partial charge in [-0.05, 0) is 65.4 Å². The van der Waals surface area contributed by atoms with Crippen LogP contribution in [0.4, 0.5) is 0 Å². The van der Waals surface area contributed by atoms with Crippen LogP contribution in [0, 0.1) is 0 Å². The Labute approximate surface area is 252 Å². The Kier molecular flexibility index (Phi) is 8.56. The van der Waals surface area contributed by atoms with Crippen molar-refractivity contribution in [3.63, 3.8) is 0 Å². The smallest absolute Gasteiger partial charge is 0.339 e. The van der Waals surface area contributed by atoms with Gasteiger partial charge in [0, 0.05) is 24.7 Å². The molecule has 0 saturated heterocycles. The molecule has 0 aliphatic carbocycles. The van der Waals surface area contributed by atoms with Gasteiger partial charge < -0.3 is 23.1 Å². The van der Waals surface area contributed by atoms with Crippen LogP contribution in [0.25, 0.3) is 0 Å². The average Bonchev–Trinajstić information content (AvgIpc) is 3.04. The van der Waals surface area contributed by atoms with Gasteiger partial charge in [-0.2, -0.15) is 8.42 Å². The summed E-state index contributed by atoms with van der Waals surface area (Å²) in [4.78, 5) is 2.46. The van der Waals surface area contributed by atoms with E-state index in [9.17, 15) is 8.42 Å². The molecule has 0 amide bonds. The van der Waals surface area contributed by atoms with Crippen molar-refractivity contribution in [2.75, 3.05) is 34.0 Å². The van der Waals surface area contributed by atoms with Crippen molar-refractivity contribution < 1.29 is 31.5 Å². The van der Waals surface area contributed by atoms with Gasteiger partial charge in [0.05, 0.1) is 27.4 Å². The Morgan fingerprint density at radius 1 is 0.814 bits per heavy atom. The summed E-state index contributed by atoms with van der Waals surface area (Å²) in [6, 6.07) is 26.3. The number of hydrogen-bond acceptors (Lipinski definition) is 8. The Hall–Kier alpha value is -4.05. The number of fused-ring (bicyclic) bond motifs is 4. The van der Waals surface area contributed by atoms with Crippen LogP contribution in [0.3, 0.4) is 0 Å². The predicted molar refractivity (Wildman–Crippen MR) is 162 cm³/mol. The topological polar surface area (TPSA) is 83.5 Å². The summed E-state index contributed by atoms with van der Waals surface area (Å²) in [6.07, 6.45) is 1.53. The molecule has 2 aliphatic heterocycles. The van der Waals surface area contributed by atoms with E-state index in [0.29, 0.717) is 50.0 Å². The highest BCUT2D eigenvalue weighted by Gasteiger charge is 2.36. The minimum Gasteiger partial charge on any atom is -0.493 e. The second-order valence-electron chi connectivity index (χ2n) is 10.6. The monoisotopic (exact) mass is 601 g/mol. The van der Waals surface area contributed by atoms with Crippen LogP contribution in [-0.2, 0) is 40.8 Å². The zero-order valence-corrected chi connectivity index (χ0v) is 25.1. The molecule has 4 aromatic carbocycles. The number of hydrogen-bond donors (Lipinski definition) is 0. The Bertz CT molecular complexity index is 1680. The molecule has 2 aliphatic rings. The van der Waals surface area contributed by atoms with Gasteiger partial charge in [-0.1, -0.05) is 54.6 Å². The molecule has 9 heteroatoms. The Morgan fingerprint density at radius 3 is 2.30 bits per heavy atom. The van der Waals surface area contributed by atoms with E-state index in [-0.39, 0.29) is 16.7 Å². The highest BCUT2D eigenvalue weighted by molar-refractivity contribution is 7.87. The van der Waals surface area contributed by atoms with Gasteiger partial charge in [-0.25, -0.2) is 0 Å². The number of rotatable bonds is 11. The van der Waals surface area contributed by atoms with Gasteiger partial charge in [0.1, 0.15) is 11.5 Å². The predicted octanol–water partition coefficient (Wildman–Crippen LogP) is 5.72. The molecule has 0 fully saturated rings. The normalized spacial score (nSPS) is 16.0. The summed E-state index contributed by atoms with van der Waals surface area (Å²) in [5, 5.41) is 0. The Balaban J connectivity index is 1.20. The van der Waals surface area contributed by atoms with E-state index < -0.39 is 10.1 Å². The Morgan fingerprint density at radius 2 is 1.56 bits per heavy atom. The van der Waals surface area contributed by atoms with Crippen LogP contribution in [0.1, 0.15) is 33.9 Å². The molecule has 0 N–H and O–H groups in total. The first-order valence-corrected chi connectivity index (χ1v) is 15.7. The van der Waals surface area contributed by atoms with Crippen molar-refractivity contribution in [2.24, 2.45) is 0 Å². The van der Waals surface area contributed by atoms with Crippen molar-refractivity contribution in [3.05, 3.63) is 113 Å². The molecule has 224 valence electrons. The van der Waals surface area contributed by atoms with Crippen LogP contribution in [-0.4, -0.2) is 47.3 Å². The fourth-order valence-electron chi connectivity index (χ4n) is 5.86. The molecule has 8 nitrogen and oxygen atoms in total. The van der Waals surface area contributed by atoms with Crippen molar-refractivity contribution >= 4 is 10.1 Å². The fraction of sp³-hybridized carbons (Fsp3) is 0.294. The maximum absolute atomic E-state index is 13.2. The van der Waals surface area contributed by atoms with E-state index in [1.807, 2.05) is 36.4 Å². The molecule has 0 spiro atoms. The average molecular weight is 602 g/mol. The summed E-state index contributed by atoms with van der Waals surface area (Å²) >= 11 is 0. The number of benzene rings is 4. The maximum Gasteiger partial charge on any atom is 0.339 e. The first-order chi connectivity index (χ1) is 21.0. The van der Waals surface area contributed by atoms with E-state index in [1.54, 1.807) is 31.4 Å². The summed E-state index contributed by atoms with van der Waals surface area (Å²) in [5.41, 5.74) is 5.41. The maximum atomic E-state index is 13.2. The van der Waals surface area contributed by atoms with Crippen molar-refractivity contribution in [3.8, 4) is 23.0 Å². The van der Waals surface area contributed by atoms with Crippen molar-refractivity contribution in [1.82, 2.24) is 4.90 Å². The standard InChI is InChI=1S/C34H35NO7S/c1-38-31-14-13-25-19-30-28-21-32(39-2)33(41-18-17-40-23-24-9-5-3-6-10-24)20-26(28)15-16-35(30)22-29(25)34(31)42-43(36,37)27-11-7-4-8-12-27/h3-14,20-21,30H,15-19,22-23H2,1-2H3. The largest absolute Gasteiger partial charge is 0.493 e. The van der Waals surface area contributed by atoms with Crippen LogP contribution in [0.2, 0.25) is 0 Å². The van der Waals surface area contributed by atoms with Crippen LogP contribution >= 0.6 is 0 Å². The molecule has 6 rings (SSSR count). The van der Waals surface area contributed by atoms with Gasteiger partial charge in [0.2, 0.25) is 0 Å². The molecule has 1 unspecified atom stereocenters. The molecule has 0 aromatic heterocycles. The van der Waals surface area contributed by atoms with Crippen LogP contribution < -0.4 is 18.4 Å². The van der Waals surface area contributed by atoms with Crippen LogP contribution in [0.15, 0.2) is 89.8 Å². The zero-order valence-electron chi connectivity index (χ0n) is 24.3. The summed E-state index contributed by atoms with van der Waals surface area (Å²) in [5.74, 6) is 2.04. The highest BCUT2D eigenvalue weighted by Crippen LogP contribution is 2.46. The fourth-order valence-corrected chi connectivity index (χ4v) is 6.85. The van der Waals surface area contributed by atoms with Crippen molar-refractivity contribution in [2.45, 2.75) is 36.9 Å². The second kappa shape index (κ2) is 12.7. The number of nitrogens with zero attached hydrogens (tertiary/aromatic N) is 1. The molecule has 43 heavy (non-hydrogen) atoms. The lowest BCUT2D eigenvalue weighted by molar-refractivity contribution is 0.0878. The summed E-state index contributed by atoms with van der Waals surface area (Å²) < 4.78 is 55.3. The van der Waals surface area contributed by atoms with E-state index in [2.05, 4.69) is 17.0 Å². The third kappa shape index (κ3) is 6.20. The van der Waals surface area contributed by atoms with E-state index in [1.165, 1.54) is 30.4 Å². The molecule has 4 aromatic rings. The van der Waals surface area contributed by atoms with Crippen LogP contribution in [0.5, 0.6) is 23.0 Å². The quantitative estimate of drug-likeness (QED) is 0.159.